The van der Waals surface area contributed by atoms with Crippen LogP contribution in [0.5, 0.6) is 11.6 Å². The first-order chi connectivity index (χ1) is 15.8. The Bertz CT molecular complexity index is 1390. The Balaban J connectivity index is 2.06. The third-order valence-corrected chi connectivity index (χ3v) is 6.39. The fourth-order valence-corrected chi connectivity index (χ4v) is 4.32. The number of amides is 1. The first-order valence-electron chi connectivity index (χ1n) is 10.5. The van der Waals surface area contributed by atoms with Gasteiger partial charge in [-0.2, -0.15) is 5.26 Å². The number of anilines is 1. The summed E-state index contributed by atoms with van der Waals surface area (Å²) in [5.74, 6) is -0.497. The number of hydrogen-bond donors (Lipinski definition) is 2. The van der Waals surface area contributed by atoms with E-state index < -0.39 is 15.9 Å². The summed E-state index contributed by atoms with van der Waals surface area (Å²) in [6.45, 7) is 9.44. The van der Waals surface area contributed by atoms with Crippen molar-refractivity contribution in [3.63, 3.8) is 0 Å². The number of nitrogen functional groups attached to an aromatic ring is 1. The number of nitrogens with two attached hydrogens (primary N) is 1. The lowest BCUT2D eigenvalue weighted by atomic mass is 9.91. The molecule has 1 heterocycles. The zero-order valence-electron chi connectivity index (χ0n) is 19.6. The highest BCUT2D eigenvalue weighted by Crippen LogP contribution is 2.33. The van der Waals surface area contributed by atoms with Gasteiger partial charge in [-0.25, -0.2) is 18.1 Å². The van der Waals surface area contributed by atoms with Crippen LogP contribution >= 0.6 is 0 Å². The van der Waals surface area contributed by atoms with Gasteiger partial charge in [0.25, 0.3) is 15.9 Å². The number of nitrogens with zero attached hydrogens (tertiary/aromatic N) is 2. The summed E-state index contributed by atoms with van der Waals surface area (Å²) in [5.41, 5.74) is 8.02. The Morgan fingerprint density at radius 3 is 2.29 bits per heavy atom. The molecule has 8 nitrogen and oxygen atoms in total. The van der Waals surface area contributed by atoms with Crippen LogP contribution in [-0.4, -0.2) is 19.3 Å². The van der Waals surface area contributed by atoms with Gasteiger partial charge in [0.2, 0.25) is 5.88 Å². The van der Waals surface area contributed by atoms with Crippen LogP contribution < -0.4 is 15.2 Å². The van der Waals surface area contributed by atoms with Crippen molar-refractivity contribution in [2.45, 2.75) is 44.9 Å². The van der Waals surface area contributed by atoms with E-state index >= 15 is 0 Å². The second-order valence-corrected chi connectivity index (χ2v) is 10.6. The van der Waals surface area contributed by atoms with Crippen LogP contribution in [0, 0.1) is 25.2 Å². The monoisotopic (exact) mass is 478 g/mol. The van der Waals surface area contributed by atoms with Crippen molar-refractivity contribution in [2.24, 2.45) is 0 Å². The second-order valence-electron chi connectivity index (χ2n) is 8.96. The largest absolute Gasteiger partial charge is 0.438 e. The summed E-state index contributed by atoms with van der Waals surface area (Å²) in [6, 6.07) is 14.2. The van der Waals surface area contributed by atoms with Crippen LogP contribution in [0.1, 0.15) is 53.5 Å². The van der Waals surface area contributed by atoms with Gasteiger partial charge < -0.3 is 10.5 Å². The Kier molecular flexibility index (Phi) is 6.66. The molecule has 0 radical (unpaired) electrons. The lowest BCUT2D eigenvalue weighted by Crippen LogP contribution is -2.31. The molecule has 0 bridgehead atoms. The second kappa shape index (κ2) is 9.15. The van der Waals surface area contributed by atoms with Crippen LogP contribution in [-0.2, 0) is 15.4 Å². The number of aryl methyl sites for hydroxylation is 2. The maximum atomic E-state index is 13.1. The number of aromatic nitrogens is 1. The van der Waals surface area contributed by atoms with E-state index in [9.17, 15) is 18.5 Å². The first kappa shape index (κ1) is 24.7. The highest BCUT2D eigenvalue weighted by molar-refractivity contribution is 7.90. The molecule has 0 aliphatic heterocycles. The van der Waals surface area contributed by atoms with Gasteiger partial charge in [-0.1, -0.05) is 26.8 Å². The molecule has 176 valence electrons. The predicted octanol–water partition coefficient (Wildman–Crippen LogP) is 4.36. The number of ether oxygens (including phenoxy) is 1. The van der Waals surface area contributed by atoms with Gasteiger partial charge in [0.05, 0.1) is 16.5 Å². The van der Waals surface area contributed by atoms with Crippen molar-refractivity contribution in [2.75, 3.05) is 5.73 Å². The smallest absolute Gasteiger partial charge is 0.270 e. The lowest BCUT2D eigenvalue weighted by molar-refractivity contribution is 0.0978. The molecule has 3 rings (SSSR count). The zero-order valence-corrected chi connectivity index (χ0v) is 20.4. The molecule has 1 aromatic heterocycles. The lowest BCUT2D eigenvalue weighted by Gasteiger charge is -2.21. The van der Waals surface area contributed by atoms with Gasteiger partial charge >= 0.3 is 0 Å². The molecule has 3 N–H and O–H groups in total. The number of benzene rings is 2. The standard InChI is InChI=1S/C25H26N4O4S/c1-15-11-17(14-26)12-16(2)22(15)33-24-20(9-10-21(28-24)25(3,4)5)23(30)29-34(31,32)19-8-6-7-18(27)13-19/h6-13H,27H2,1-5H3,(H,29,30). The molecule has 9 heteroatoms. The van der Waals surface area contributed by atoms with Crippen molar-refractivity contribution in [1.82, 2.24) is 9.71 Å². The molecule has 1 amide bonds. The topological polar surface area (TPSA) is 135 Å². The average Bonchev–Trinajstić information content (AvgIpc) is 2.75. The predicted molar refractivity (Wildman–Crippen MR) is 129 cm³/mol. The molecular formula is C25H26N4O4S. The van der Waals surface area contributed by atoms with E-state index in [1.807, 2.05) is 20.8 Å². The molecular weight excluding hydrogens is 452 g/mol. The Morgan fingerprint density at radius 2 is 1.74 bits per heavy atom. The minimum atomic E-state index is -4.18. The minimum absolute atomic E-state index is 0.0383. The van der Waals surface area contributed by atoms with Crippen LogP contribution in [0.25, 0.3) is 0 Å². The number of pyridine rings is 1. The van der Waals surface area contributed by atoms with Crippen LogP contribution in [0.2, 0.25) is 0 Å². The van der Waals surface area contributed by atoms with E-state index in [1.165, 1.54) is 24.3 Å². The zero-order chi connectivity index (χ0) is 25.3. The van der Waals surface area contributed by atoms with Gasteiger partial charge in [-0.3, -0.25) is 4.79 Å². The van der Waals surface area contributed by atoms with Crippen LogP contribution in [0.15, 0.2) is 53.4 Å². The van der Waals surface area contributed by atoms with E-state index in [1.54, 1.807) is 38.1 Å². The van der Waals surface area contributed by atoms with Crippen molar-refractivity contribution in [1.29, 1.82) is 5.26 Å². The van der Waals surface area contributed by atoms with Crippen molar-refractivity contribution in [3.8, 4) is 17.7 Å². The van der Waals surface area contributed by atoms with Gasteiger partial charge in [-0.15, -0.1) is 0 Å². The number of rotatable bonds is 5. The molecule has 34 heavy (non-hydrogen) atoms. The molecule has 0 unspecified atom stereocenters. The summed E-state index contributed by atoms with van der Waals surface area (Å²) in [7, 11) is -4.18. The fourth-order valence-electron chi connectivity index (χ4n) is 3.30. The van der Waals surface area contributed by atoms with Crippen molar-refractivity contribution < 1.29 is 17.9 Å². The van der Waals surface area contributed by atoms with E-state index in [2.05, 4.69) is 15.8 Å². The third-order valence-electron chi connectivity index (χ3n) is 5.06. The first-order valence-corrected chi connectivity index (χ1v) is 11.9. The SMILES string of the molecule is Cc1cc(C#N)cc(C)c1Oc1nc(C(C)(C)C)ccc1C(=O)NS(=O)(=O)c1cccc(N)c1. The Morgan fingerprint density at radius 1 is 1.09 bits per heavy atom. The number of nitriles is 1. The molecule has 0 saturated carbocycles. The number of carbonyl (C=O) groups is 1. The Labute approximate surface area is 199 Å². The van der Waals surface area contributed by atoms with Gasteiger partial charge in [-0.05, 0) is 67.4 Å². The Hall–Kier alpha value is -3.90. The van der Waals surface area contributed by atoms with Crippen molar-refractivity contribution >= 4 is 21.6 Å². The number of carbonyl (C=O) groups excluding carboxylic acids is 1. The molecule has 0 aliphatic carbocycles. The molecule has 2 aromatic carbocycles. The molecule has 0 saturated heterocycles. The van der Waals surface area contributed by atoms with E-state index in [-0.39, 0.29) is 27.4 Å². The summed E-state index contributed by atoms with van der Waals surface area (Å²) < 4.78 is 33.7. The van der Waals surface area contributed by atoms with Gasteiger partial charge in [0.1, 0.15) is 11.3 Å². The van der Waals surface area contributed by atoms with E-state index in [0.29, 0.717) is 28.1 Å². The average molecular weight is 479 g/mol. The highest BCUT2D eigenvalue weighted by Gasteiger charge is 2.25. The third kappa shape index (κ3) is 5.35. The van der Waals surface area contributed by atoms with Crippen molar-refractivity contribution in [3.05, 3.63) is 76.5 Å². The molecule has 3 aromatic rings. The van der Waals surface area contributed by atoms with Crippen LogP contribution in [0.4, 0.5) is 5.69 Å². The molecule has 0 fully saturated rings. The van der Waals surface area contributed by atoms with E-state index in [4.69, 9.17) is 10.5 Å². The molecule has 0 aliphatic rings. The van der Waals surface area contributed by atoms with E-state index in [0.717, 1.165) is 0 Å². The summed E-state index contributed by atoms with van der Waals surface area (Å²) in [4.78, 5) is 17.5. The maximum Gasteiger partial charge on any atom is 0.270 e. The van der Waals surface area contributed by atoms with Gasteiger partial charge in [0.15, 0.2) is 0 Å². The molecule has 0 spiro atoms. The molecule has 0 atom stereocenters. The number of nitrogens with one attached hydrogen (secondary N) is 1. The normalized spacial score (nSPS) is 11.5. The highest BCUT2D eigenvalue weighted by atomic mass is 32.2. The fraction of sp³-hybridized carbons (Fsp3) is 0.240. The minimum Gasteiger partial charge on any atom is -0.438 e. The number of sulfonamides is 1. The summed E-state index contributed by atoms with van der Waals surface area (Å²) in [6.07, 6.45) is 0. The summed E-state index contributed by atoms with van der Waals surface area (Å²) in [5, 5.41) is 9.21. The number of hydrogen-bond acceptors (Lipinski definition) is 7. The summed E-state index contributed by atoms with van der Waals surface area (Å²) >= 11 is 0. The maximum absolute atomic E-state index is 13.1. The quantitative estimate of drug-likeness (QED) is 0.520. The van der Waals surface area contributed by atoms with Gasteiger partial charge in [0, 0.05) is 16.8 Å². The van der Waals surface area contributed by atoms with Crippen LogP contribution in [0.3, 0.4) is 0 Å².